The van der Waals surface area contributed by atoms with Gasteiger partial charge in [-0.05, 0) is 86.1 Å². The Morgan fingerprint density at radius 2 is 1.68 bits per heavy atom. The van der Waals surface area contributed by atoms with Crippen LogP contribution >= 0.6 is 22.9 Å². The third-order valence-electron chi connectivity index (χ3n) is 13.2. The summed E-state index contributed by atoms with van der Waals surface area (Å²) in [5, 5.41) is 32.7. The summed E-state index contributed by atoms with van der Waals surface area (Å²) in [6.07, 6.45) is 1.46. The molecule has 16 heteroatoms. The highest BCUT2D eigenvalue weighted by Crippen LogP contribution is 2.55. The first-order chi connectivity index (χ1) is 32.1. The van der Waals surface area contributed by atoms with Crippen molar-refractivity contribution in [1.82, 2.24) is 25.8 Å². The number of aliphatic hydroxyl groups is 1. The molecule has 1 saturated heterocycles. The number of aliphatic hydroxyl groups excluding tert-OH is 1. The van der Waals surface area contributed by atoms with E-state index < -0.39 is 35.4 Å². The van der Waals surface area contributed by atoms with Gasteiger partial charge in [-0.1, -0.05) is 84.3 Å². The average molecular weight is 969 g/mol. The van der Waals surface area contributed by atoms with Crippen LogP contribution in [0.15, 0.2) is 72.2 Å². The smallest absolute Gasteiger partial charge is 0.251 e. The van der Waals surface area contributed by atoms with Gasteiger partial charge in [0.25, 0.3) is 5.91 Å². The molecule has 2 fully saturated rings. The maximum atomic E-state index is 14.1. The Bertz CT molecular complexity index is 2450. The number of hydrogen-bond acceptors (Lipinski definition) is 11. The van der Waals surface area contributed by atoms with E-state index >= 15 is 0 Å². The van der Waals surface area contributed by atoms with Crippen LogP contribution in [-0.2, 0) is 19.1 Å². The molecule has 4 atom stereocenters. The molecule has 14 nitrogen and oxygen atoms in total. The summed E-state index contributed by atoms with van der Waals surface area (Å²) >= 11 is 7.81. The Labute approximate surface area is 409 Å². The second kappa shape index (κ2) is 21.8. The number of β-amino-alcohol motifs (C(OH)–C–C–N with tert-alkyl or cyclic N) is 1. The number of aromatic nitrogens is 1. The Morgan fingerprint density at radius 3 is 2.29 bits per heavy atom. The number of thiazole rings is 1. The number of likely N-dealkylation sites (tertiary alicyclic amines) is 1. The van der Waals surface area contributed by atoms with Crippen LogP contribution in [0.4, 0.5) is 5.69 Å². The fourth-order valence-electron chi connectivity index (χ4n) is 9.67. The van der Waals surface area contributed by atoms with Crippen LogP contribution in [0.3, 0.4) is 0 Å². The third-order valence-corrected chi connectivity index (χ3v) is 14.5. The van der Waals surface area contributed by atoms with E-state index in [1.807, 2.05) is 76.5 Å². The largest absolute Gasteiger partial charge is 0.489 e. The number of amides is 4. The summed E-state index contributed by atoms with van der Waals surface area (Å²) in [6, 6.07) is 20.1. The molecule has 364 valence electrons. The van der Waals surface area contributed by atoms with Crippen molar-refractivity contribution in [2.24, 2.45) is 16.2 Å². The highest BCUT2D eigenvalue weighted by atomic mass is 35.5. The molecule has 0 spiro atoms. The molecule has 1 aliphatic carbocycles. The van der Waals surface area contributed by atoms with Crippen LogP contribution in [0, 0.1) is 34.5 Å². The predicted octanol–water partition coefficient (Wildman–Crippen LogP) is 8.22. The molecule has 1 unspecified atom stereocenters. The normalized spacial score (nSPS) is 20.3. The molecule has 0 radical (unpaired) electrons. The van der Waals surface area contributed by atoms with Gasteiger partial charge in [-0.25, -0.2) is 4.98 Å². The van der Waals surface area contributed by atoms with Crippen molar-refractivity contribution in [3.8, 4) is 22.3 Å². The van der Waals surface area contributed by atoms with E-state index in [9.17, 15) is 29.5 Å². The molecule has 5 N–H and O–H groups in total. The van der Waals surface area contributed by atoms with Crippen LogP contribution in [0.1, 0.15) is 114 Å². The van der Waals surface area contributed by atoms with Gasteiger partial charge in [0.1, 0.15) is 36.6 Å². The summed E-state index contributed by atoms with van der Waals surface area (Å²) in [7, 11) is 0. The highest BCUT2D eigenvalue weighted by Gasteiger charge is 2.64. The second-order valence-corrected chi connectivity index (χ2v) is 21.6. The van der Waals surface area contributed by atoms with E-state index in [2.05, 4.69) is 60.0 Å². The van der Waals surface area contributed by atoms with Gasteiger partial charge in [0.05, 0.1) is 38.8 Å². The zero-order chi connectivity index (χ0) is 49.6. The molecule has 2 heterocycles. The van der Waals surface area contributed by atoms with Gasteiger partial charge in [-0.15, -0.1) is 11.3 Å². The van der Waals surface area contributed by atoms with E-state index in [0.29, 0.717) is 35.1 Å². The van der Waals surface area contributed by atoms with Crippen molar-refractivity contribution in [3.63, 3.8) is 0 Å². The number of rotatable bonds is 19. The number of aryl methyl sites for hydroxylation is 1. The van der Waals surface area contributed by atoms with Crippen LogP contribution in [0.2, 0.25) is 5.02 Å². The number of nitriles is 1. The molecule has 3 aromatic carbocycles. The zero-order valence-corrected chi connectivity index (χ0v) is 42.1. The maximum Gasteiger partial charge on any atom is 0.251 e. The highest BCUT2D eigenvalue weighted by molar-refractivity contribution is 7.13. The number of benzene rings is 3. The van der Waals surface area contributed by atoms with E-state index in [4.69, 9.17) is 21.1 Å². The minimum absolute atomic E-state index is 0.0135. The fourth-order valence-corrected chi connectivity index (χ4v) is 10.7. The van der Waals surface area contributed by atoms with Crippen molar-refractivity contribution in [2.75, 3.05) is 31.6 Å². The Kier molecular flexibility index (Phi) is 16.6. The van der Waals surface area contributed by atoms with Crippen LogP contribution < -0.4 is 26.0 Å². The third kappa shape index (κ3) is 12.2. The van der Waals surface area contributed by atoms with E-state index in [-0.39, 0.29) is 60.4 Å². The molecule has 0 bridgehead atoms. The molecule has 1 saturated carbocycles. The van der Waals surface area contributed by atoms with E-state index in [1.165, 1.54) is 4.90 Å². The summed E-state index contributed by atoms with van der Waals surface area (Å²) in [5.74, 6) is -0.820. The average Bonchev–Trinajstić information content (AvgIpc) is 3.91. The number of halogens is 1. The Morgan fingerprint density at radius 1 is 0.985 bits per heavy atom. The van der Waals surface area contributed by atoms with E-state index in [0.717, 1.165) is 46.6 Å². The minimum Gasteiger partial charge on any atom is -0.489 e. The van der Waals surface area contributed by atoms with Crippen molar-refractivity contribution in [1.29, 1.82) is 5.26 Å². The van der Waals surface area contributed by atoms with Gasteiger partial charge in [0.15, 0.2) is 0 Å². The Balaban J connectivity index is 0.887. The molecule has 1 aliphatic heterocycles. The summed E-state index contributed by atoms with van der Waals surface area (Å²) in [6.45, 7) is 18.5. The number of ether oxygens (including phenoxy) is 2. The minimum atomic E-state index is -0.952. The lowest BCUT2D eigenvalue weighted by atomic mass is 9.49. The lowest BCUT2D eigenvalue weighted by Crippen LogP contribution is -2.74. The fraction of sp³-hybridized carbons (Fsp3) is 0.500. The van der Waals surface area contributed by atoms with Gasteiger partial charge >= 0.3 is 0 Å². The zero-order valence-electron chi connectivity index (χ0n) is 40.6. The Hall–Kier alpha value is -5.53. The first-order valence-corrected chi connectivity index (χ1v) is 24.5. The lowest BCUT2D eigenvalue weighted by molar-refractivity contribution is -0.164. The number of nitrogens with one attached hydrogen (secondary N) is 4. The molecule has 6 rings (SSSR count). The summed E-state index contributed by atoms with van der Waals surface area (Å²) < 4.78 is 12.1. The topological polar surface area (TPSA) is 195 Å². The number of unbranched alkanes of at least 4 members (excludes halogenated alkanes) is 2. The summed E-state index contributed by atoms with van der Waals surface area (Å²) in [4.78, 5) is 61.0. The van der Waals surface area contributed by atoms with Gasteiger partial charge in [0, 0.05) is 60.3 Å². The van der Waals surface area contributed by atoms with Crippen LogP contribution in [0.5, 0.6) is 5.75 Å². The van der Waals surface area contributed by atoms with Gasteiger partial charge in [-0.2, -0.15) is 5.26 Å². The van der Waals surface area contributed by atoms with Crippen molar-refractivity contribution in [3.05, 3.63) is 99.6 Å². The molecular formula is C52H66ClN7O7S. The number of nitrogens with zero attached hydrogens (tertiary/aromatic N) is 3. The number of carbonyl (C=O) groups excluding carboxylic acids is 4. The first kappa shape index (κ1) is 51.9. The van der Waals surface area contributed by atoms with E-state index in [1.54, 1.807) is 41.7 Å². The monoisotopic (exact) mass is 967 g/mol. The van der Waals surface area contributed by atoms with Crippen LogP contribution in [-0.4, -0.2) is 95.3 Å². The molecule has 4 aromatic rings. The quantitative estimate of drug-likeness (QED) is 0.0572. The molecule has 1 aromatic heterocycles. The molecule has 4 amide bonds. The predicted molar refractivity (Wildman–Crippen MR) is 265 cm³/mol. The van der Waals surface area contributed by atoms with Gasteiger partial charge in [0.2, 0.25) is 17.7 Å². The van der Waals surface area contributed by atoms with Gasteiger partial charge in [-0.3, -0.25) is 19.2 Å². The SMILES string of the molecule is Cc1ncsc1-c1ccc([C@@H](C)NC(=O)[C@H]2C[C@H](O)CN2C(=O)C(NC(=O)COCCCCCNc2ccc(C(=O)NC3C(C)(C)C(Oc4ccc(C#N)c(Cl)c4)C3(C)C)cc2)C(C)(C)C)cc1. The van der Waals surface area contributed by atoms with Crippen LogP contribution in [0.25, 0.3) is 10.4 Å². The molecule has 68 heavy (non-hydrogen) atoms. The lowest BCUT2D eigenvalue weighted by Gasteiger charge is -2.63. The molecular weight excluding hydrogens is 902 g/mol. The van der Waals surface area contributed by atoms with Crippen molar-refractivity contribution < 1.29 is 33.8 Å². The molecule has 2 aliphatic rings. The number of carbonyl (C=O) groups is 4. The second-order valence-electron chi connectivity index (χ2n) is 20.3. The first-order valence-electron chi connectivity index (χ1n) is 23.3. The standard InChI is InChI=1S/C52H66ClN7O7S/c1-31(33-13-15-34(16-14-33)43-32(2)56-30-68-43)57-46(64)41-25-38(61)28-60(41)47(65)44(50(3,4)5)58-42(62)29-66-24-12-10-11-23-55-37-20-17-35(18-21-37)45(63)59-48-51(6,7)49(52(48,8)9)67-39-22-19-36(27-54)40(53)26-39/h13-22,26,30-31,38,41,44,48-49,55,61H,10-12,23-25,28-29H2,1-9H3,(H,57,64)(H,58,62)(H,59,63)/t31-,38+,41-,44?,48?,49?/m1/s1. The van der Waals surface area contributed by atoms with Crippen molar-refractivity contribution >= 4 is 52.3 Å². The van der Waals surface area contributed by atoms with Gasteiger partial charge < -0.3 is 40.7 Å². The van der Waals surface area contributed by atoms with Crippen molar-refractivity contribution in [2.45, 2.75) is 124 Å². The summed E-state index contributed by atoms with van der Waals surface area (Å²) in [5.41, 5.74) is 5.11. The number of hydrogen-bond donors (Lipinski definition) is 5. The maximum absolute atomic E-state index is 14.1. The number of anilines is 1.